The van der Waals surface area contributed by atoms with Crippen LogP contribution in [0.3, 0.4) is 0 Å². The molecule has 0 saturated heterocycles. The number of rotatable bonds is 6. The first-order valence-electron chi connectivity index (χ1n) is 6.20. The smallest absolute Gasteiger partial charge is 0.218 e. The molecule has 4 nitrogen and oxygen atoms in total. The summed E-state index contributed by atoms with van der Waals surface area (Å²) in [5.41, 5.74) is 7.87. The Morgan fingerprint density at radius 2 is 2.29 bits per heavy atom. The van der Waals surface area contributed by atoms with Crippen molar-refractivity contribution in [1.29, 1.82) is 0 Å². The van der Waals surface area contributed by atoms with Gasteiger partial charge in [0.25, 0.3) is 0 Å². The zero-order valence-electron chi connectivity index (χ0n) is 10.6. The molecule has 0 atom stereocenters. The molecule has 1 heterocycles. The summed E-state index contributed by atoms with van der Waals surface area (Å²) < 4.78 is 5.72. The number of aromatic nitrogens is 1. The van der Waals surface area contributed by atoms with Crippen molar-refractivity contribution in [1.82, 2.24) is 9.88 Å². The van der Waals surface area contributed by atoms with Crippen molar-refractivity contribution in [2.75, 3.05) is 20.2 Å². The first kappa shape index (κ1) is 12.3. The molecule has 1 aliphatic rings. The fourth-order valence-electron chi connectivity index (χ4n) is 1.92. The third kappa shape index (κ3) is 3.17. The van der Waals surface area contributed by atoms with Crippen LogP contribution in [0.15, 0.2) is 12.3 Å². The number of likely N-dealkylation sites (N-methyl/N-ethyl adjacent to an activating group) is 1. The number of pyridine rings is 1. The minimum atomic E-state index is 0.480. The van der Waals surface area contributed by atoms with Gasteiger partial charge < -0.3 is 15.4 Å². The molecule has 1 aromatic heterocycles. The van der Waals surface area contributed by atoms with Crippen LogP contribution in [0.5, 0.6) is 5.88 Å². The van der Waals surface area contributed by atoms with Gasteiger partial charge in [0.15, 0.2) is 0 Å². The van der Waals surface area contributed by atoms with Gasteiger partial charge in [-0.25, -0.2) is 4.98 Å². The molecule has 2 N–H and O–H groups in total. The first-order chi connectivity index (χ1) is 8.22. The normalized spacial score (nSPS) is 15.3. The number of hydrogen-bond acceptors (Lipinski definition) is 4. The van der Waals surface area contributed by atoms with Crippen molar-refractivity contribution in [3.05, 3.63) is 23.4 Å². The second-order valence-electron chi connectivity index (χ2n) is 4.68. The molecular weight excluding hydrogens is 214 g/mol. The molecule has 2 rings (SSSR count). The molecule has 94 valence electrons. The van der Waals surface area contributed by atoms with Crippen LogP contribution in [-0.2, 0) is 6.54 Å². The molecule has 1 fully saturated rings. The van der Waals surface area contributed by atoms with Gasteiger partial charge in [0.2, 0.25) is 5.88 Å². The van der Waals surface area contributed by atoms with Gasteiger partial charge in [-0.3, -0.25) is 0 Å². The Morgan fingerprint density at radius 3 is 2.94 bits per heavy atom. The van der Waals surface area contributed by atoms with Gasteiger partial charge in [-0.15, -0.1) is 0 Å². The minimum absolute atomic E-state index is 0.480. The summed E-state index contributed by atoms with van der Waals surface area (Å²) in [7, 11) is 2.15. The molecule has 0 unspecified atom stereocenters. The minimum Gasteiger partial charge on any atom is -0.476 e. The highest BCUT2D eigenvalue weighted by molar-refractivity contribution is 5.33. The number of nitrogens with zero attached hydrogens (tertiary/aromatic N) is 2. The van der Waals surface area contributed by atoms with Gasteiger partial charge in [0.05, 0.1) is 0 Å². The SMILES string of the molecule is Cc1ccnc(OCCN(C)C2CC2)c1CN. The molecule has 1 saturated carbocycles. The molecular formula is C13H21N3O. The Morgan fingerprint density at radius 1 is 1.53 bits per heavy atom. The van der Waals surface area contributed by atoms with Crippen LogP contribution in [0.2, 0.25) is 0 Å². The van der Waals surface area contributed by atoms with Gasteiger partial charge in [-0.2, -0.15) is 0 Å². The van der Waals surface area contributed by atoms with Crippen LogP contribution >= 0.6 is 0 Å². The fourth-order valence-corrected chi connectivity index (χ4v) is 1.92. The van der Waals surface area contributed by atoms with Crippen molar-refractivity contribution in [3.63, 3.8) is 0 Å². The zero-order chi connectivity index (χ0) is 12.3. The Bertz CT molecular complexity index is 377. The third-order valence-electron chi connectivity index (χ3n) is 3.31. The zero-order valence-corrected chi connectivity index (χ0v) is 10.6. The summed E-state index contributed by atoms with van der Waals surface area (Å²) >= 11 is 0. The fraction of sp³-hybridized carbons (Fsp3) is 0.615. The van der Waals surface area contributed by atoms with E-state index in [0.717, 1.165) is 23.7 Å². The number of hydrogen-bond donors (Lipinski definition) is 1. The highest BCUT2D eigenvalue weighted by atomic mass is 16.5. The Balaban J connectivity index is 1.87. The lowest BCUT2D eigenvalue weighted by molar-refractivity contribution is 0.225. The van der Waals surface area contributed by atoms with E-state index in [4.69, 9.17) is 10.5 Å². The lowest BCUT2D eigenvalue weighted by Gasteiger charge is -2.16. The van der Waals surface area contributed by atoms with Gasteiger partial charge in [-0.05, 0) is 38.4 Å². The van der Waals surface area contributed by atoms with Crippen molar-refractivity contribution in [3.8, 4) is 5.88 Å². The quantitative estimate of drug-likeness (QED) is 0.808. The molecule has 1 aromatic rings. The molecule has 1 aliphatic carbocycles. The summed E-state index contributed by atoms with van der Waals surface area (Å²) in [6.45, 7) is 4.14. The first-order valence-corrected chi connectivity index (χ1v) is 6.20. The van der Waals surface area contributed by atoms with Crippen molar-refractivity contribution in [2.45, 2.75) is 32.4 Å². The monoisotopic (exact) mass is 235 g/mol. The molecule has 0 aliphatic heterocycles. The maximum absolute atomic E-state index is 5.72. The Kier molecular flexibility index (Phi) is 3.97. The largest absolute Gasteiger partial charge is 0.476 e. The summed E-state index contributed by atoms with van der Waals surface area (Å²) in [4.78, 5) is 6.59. The van der Waals surface area contributed by atoms with Gasteiger partial charge >= 0.3 is 0 Å². The van der Waals surface area contributed by atoms with Crippen LogP contribution in [0.4, 0.5) is 0 Å². The van der Waals surface area contributed by atoms with E-state index in [1.54, 1.807) is 6.20 Å². The number of nitrogens with two attached hydrogens (primary N) is 1. The molecule has 4 heteroatoms. The van der Waals surface area contributed by atoms with Crippen LogP contribution < -0.4 is 10.5 Å². The molecule has 0 radical (unpaired) electrons. The second-order valence-corrected chi connectivity index (χ2v) is 4.68. The average Bonchev–Trinajstić information content (AvgIpc) is 3.13. The molecule has 17 heavy (non-hydrogen) atoms. The number of ether oxygens (including phenoxy) is 1. The van der Waals surface area contributed by atoms with Crippen LogP contribution in [0.1, 0.15) is 24.0 Å². The summed E-state index contributed by atoms with van der Waals surface area (Å²) in [6.07, 6.45) is 4.43. The van der Waals surface area contributed by atoms with Crippen LogP contribution in [0.25, 0.3) is 0 Å². The van der Waals surface area contributed by atoms with E-state index in [2.05, 4.69) is 16.9 Å². The van der Waals surface area contributed by atoms with Crippen molar-refractivity contribution in [2.24, 2.45) is 5.73 Å². The highest BCUT2D eigenvalue weighted by Gasteiger charge is 2.25. The molecule has 0 amide bonds. The van der Waals surface area contributed by atoms with E-state index in [1.807, 2.05) is 13.0 Å². The molecule has 0 aromatic carbocycles. The van der Waals surface area contributed by atoms with E-state index in [1.165, 1.54) is 12.8 Å². The van der Waals surface area contributed by atoms with E-state index >= 15 is 0 Å². The predicted octanol–water partition coefficient (Wildman–Crippen LogP) is 1.32. The topological polar surface area (TPSA) is 51.4 Å². The summed E-state index contributed by atoms with van der Waals surface area (Å²) in [5, 5.41) is 0. The van der Waals surface area contributed by atoms with Gasteiger partial charge in [-0.1, -0.05) is 0 Å². The van der Waals surface area contributed by atoms with E-state index < -0.39 is 0 Å². The Labute approximate surface area is 103 Å². The highest BCUT2D eigenvalue weighted by Crippen LogP contribution is 2.25. The van der Waals surface area contributed by atoms with Gasteiger partial charge in [0.1, 0.15) is 6.61 Å². The lowest BCUT2D eigenvalue weighted by atomic mass is 10.1. The van der Waals surface area contributed by atoms with E-state index in [9.17, 15) is 0 Å². The van der Waals surface area contributed by atoms with Crippen LogP contribution in [-0.4, -0.2) is 36.1 Å². The Hall–Kier alpha value is -1.13. The number of aryl methyl sites for hydroxylation is 1. The second kappa shape index (κ2) is 5.47. The summed E-state index contributed by atoms with van der Waals surface area (Å²) in [6, 6.07) is 2.74. The maximum atomic E-state index is 5.72. The predicted molar refractivity (Wildman–Crippen MR) is 68.0 cm³/mol. The third-order valence-corrected chi connectivity index (χ3v) is 3.31. The summed E-state index contributed by atoms with van der Waals surface area (Å²) in [5.74, 6) is 0.691. The lowest BCUT2D eigenvalue weighted by Crippen LogP contribution is -2.26. The average molecular weight is 235 g/mol. The molecule has 0 bridgehead atoms. The van der Waals surface area contributed by atoms with Crippen LogP contribution in [0, 0.1) is 6.92 Å². The van der Waals surface area contributed by atoms with Crippen molar-refractivity contribution < 1.29 is 4.74 Å². The van der Waals surface area contributed by atoms with Gasteiger partial charge in [0, 0.05) is 30.9 Å². The van der Waals surface area contributed by atoms with Crippen molar-refractivity contribution >= 4 is 0 Å². The van der Waals surface area contributed by atoms with E-state index in [0.29, 0.717) is 19.0 Å². The van der Waals surface area contributed by atoms with E-state index in [-0.39, 0.29) is 0 Å². The standard InChI is InChI=1S/C13H21N3O/c1-10-5-6-15-13(12(10)9-14)17-8-7-16(2)11-3-4-11/h5-6,11H,3-4,7-9,14H2,1-2H3. The molecule has 0 spiro atoms. The maximum Gasteiger partial charge on any atom is 0.218 e.